The molecule has 1 saturated heterocycles. The molecule has 0 radical (unpaired) electrons. The fourth-order valence-corrected chi connectivity index (χ4v) is 3.93. The van der Waals surface area contributed by atoms with Crippen LogP contribution in [-0.4, -0.2) is 32.4 Å². The first-order chi connectivity index (χ1) is 12.6. The van der Waals surface area contributed by atoms with Crippen LogP contribution in [0.3, 0.4) is 0 Å². The van der Waals surface area contributed by atoms with Gasteiger partial charge in [-0.25, -0.2) is 4.79 Å². The van der Waals surface area contributed by atoms with Crippen LogP contribution >= 0.6 is 11.6 Å². The zero-order valence-electron chi connectivity index (χ0n) is 14.6. The summed E-state index contributed by atoms with van der Waals surface area (Å²) < 4.78 is 16.9. The number of halogens is 1. The Bertz CT molecular complexity index is 854. The van der Waals surface area contributed by atoms with Gasteiger partial charge in [0, 0.05) is 16.3 Å². The van der Waals surface area contributed by atoms with Gasteiger partial charge in [-0.2, -0.15) is 0 Å². The first-order valence-electron chi connectivity index (χ1n) is 8.56. The van der Waals surface area contributed by atoms with E-state index >= 15 is 0 Å². The number of nitrogens with one attached hydrogen (secondary N) is 1. The van der Waals surface area contributed by atoms with Crippen molar-refractivity contribution in [3.8, 4) is 0 Å². The molecule has 1 N–H and O–H groups in total. The second-order valence-corrected chi connectivity index (χ2v) is 6.98. The van der Waals surface area contributed by atoms with Crippen molar-refractivity contribution in [2.45, 2.75) is 25.2 Å². The number of carbonyl (C=O) groups is 1. The van der Waals surface area contributed by atoms with E-state index in [0.717, 1.165) is 22.4 Å². The third-order valence-corrected chi connectivity index (χ3v) is 5.21. The number of hydrogen-bond donors (Lipinski definition) is 1. The van der Waals surface area contributed by atoms with Crippen LogP contribution < -0.4 is 5.32 Å². The molecule has 0 aliphatic carbocycles. The number of anilines is 1. The van der Waals surface area contributed by atoms with Crippen molar-refractivity contribution < 1.29 is 19.0 Å². The van der Waals surface area contributed by atoms with Gasteiger partial charge < -0.3 is 19.5 Å². The molecule has 4 rings (SSSR count). The first kappa shape index (κ1) is 17.3. The summed E-state index contributed by atoms with van der Waals surface area (Å²) in [6.45, 7) is 3.09. The molecule has 0 aromatic heterocycles. The molecular formula is C20H20ClNO4. The van der Waals surface area contributed by atoms with Crippen LogP contribution in [0.2, 0.25) is 5.02 Å². The molecule has 5 nitrogen and oxygen atoms in total. The Balaban J connectivity index is 1.74. The van der Waals surface area contributed by atoms with Crippen LogP contribution in [0, 0.1) is 6.92 Å². The normalized spacial score (nSPS) is 24.2. The van der Waals surface area contributed by atoms with E-state index in [4.69, 9.17) is 25.8 Å². The number of fused-ring (bicyclic) bond motifs is 3. The van der Waals surface area contributed by atoms with E-state index in [1.807, 2.05) is 37.3 Å². The molecule has 3 atom stereocenters. The van der Waals surface area contributed by atoms with Crippen molar-refractivity contribution in [2.24, 2.45) is 0 Å². The number of methoxy groups -OCH3 is 1. The van der Waals surface area contributed by atoms with Gasteiger partial charge in [0.05, 0.1) is 31.9 Å². The maximum atomic E-state index is 11.8. The van der Waals surface area contributed by atoms with Gasteiger partial charge in [-0.05, 0) is 48.4 Å². The molecule has 0 amide bonds. The van der Waals surface area contributed by atoms with Gasteiger partial charge >= 0.3 is 5.97 Å². The number of hydrogen-bond acceptors (Lipinski definition) is 5. The predicted molar refractivity (Wildman–Crippen MR) is 98.8 cm³/mol. The average molecular weight is 374 g/mol. The molecule has 2 aromatic rings. The van der Waals surface area contributed by atoms with Crippen LogP contribution in [0.5, 0.6) is 0 Å². The van der Waals surface area contributed by atoms with Gasteiger partial charge in [0.15, 0.2) is 0 Å². The van der Waals surface area contributed by atoms with Gasteiger partial charge in [-0.1, -0.05) is 17.7 Å². The maximum Gasteiger partial charge on any atom is 0.337 e. The predicted octanol–water partition coefficient (Wildman–Crippen LogP) is 4.06. The summed E-state index contributed by atoms with van der Waals surface area (Å²) in [5.74, 6) is -0.341. The fraction of sp³-hybridized carbons (Fsp3) is 0.350. The molecule has 2 aliphatic heterocycles. The summed E-state index contributed by atoms with van der Waals surface area (Å²) in [5, 5.41) is 4.24. The molecule has 1 fully saturated rings. The molecule has 2 aliphatic rings. The molecule has 6 heteroatoms. The second kappa shape index (κ2) is 6.91. The smallest absolute Gasteiger partial charge is 0.337 e. The first-order valence-corrected chi connectivity index (χ1v) is 8.94. The van der Waals surface area contributed by atoms with Crippen LogP contribution in [0.25, 0.3) is 0 Å². The molecule has 0 spiro atoms. The Morgan fingerprint density at radius 3 is 2.73 bits per heavy atom. The Hall–Kier alpha value is -2.08. The number of carbonyl (C=O) groups excluding carboxylic acids is 1. The van der Waals surface area contributed by atoms with E-state index < -0.39 is 0 Å². The summed E-state index contributed by atoms with van der Waals surface area (Å²) in [6, 6.07) is 11.3. The van der Waals surface area contributed by atoms with Crippen LogP contribution in [-0.2, 0) is 14.2 Å². The summed E-state index contributed by atoms with van der Waals surface area (Å²) in [5.41, 5.74) is 4.61. The number of ether oxygens (including phenoxy) is 3. The van der Waals surface area contributed by atoms with E-state index in [9.17, 15) is 4.79 Å². The molecule has 0 saturated carbocycles. The zero-order valence-corrected chi connectivity index (χ0v) is 15.4. The van der Waals surface area contributed by atoms with Gasteiger partial charge in [0.2, 0.25) is 0 Å². The molecular weight excluding hydrogens is 354 g/mol. The van der Waals surface area contributed by atoms with E-state index in [1.54, 1.807) is 6.07 Å². The summed E-state index contributed by atoms with van der Waals surface area (Å²) in [7, 11) is 1.38. The Morgan fingerprint density at radius 2 is 1.96 bits per heavy atom. The van der Waals surface area contributed by atoms with Gasteiger partial charge in [0.25, 0.3) is 0 Å². The largest absolute Gasteiger partial charge is 0.465 e. The average Bonchev–Trinajstić information content (AvgIpc) is 2.67. The number of benzene rings is 2. The number of rotatable bonds is 2. The van der Waals surface area contributed by atoms with Gasteiger partial charge in [0.1, 0.15) is 12.2 Å². The minimum absolute atomic E-state index is 0.0827. The molecule has 136 valence electrons. The standard InChI is InChI=1S/C20H20ClNO4/c1-11-9-12(20(23)24-2)3-5-14(11)17-19-18(25-7-8-26-19)15-10-13(21)4-6-16(15)22-17/h3-6,9-10,17-19,22H,7-8H2,1-2H3/t17-,18-,19+/m0/s1. The fourth-order valence-electron chi connectivity index (χ4n) is 3.75. The van der Waals surface area contributed by atoms with Crippen LogP contribution in [0.4, 0.5) is 5.69 Å². The summed E-state index contributed by atoms with van der Waals surface area (Å²) in [4.78, 5) is 11.8. The minimum atomic E-state index is -0.341. The van der Waals surface area contributed by atoms with Crippen LogP contribution in [0.1, 0.15) is 39.2 Å². The quantitative estimate of drug-likeness (QED) is 0.804. The second-order valence-electron chi connectivity index (χ2n) is 6.54. The van der Waals surface area contributed by atoms with Crippen molar-refractivity contribution in [2.75, 3.05) is 25.6 Å². The highest BCUT2D eigenvalue weighted by molar-refractivity contribution is 6.30. The molecule has 2 heterocycles. The Morgan fingerprint density at radius 1 is 1.15 bits per heavy atom. The maximum absolute atomic E-state index is 11.8. The third kappa shape index (κ3) is 2.96. The van der Waals surface area contributed by atoms with E-state index in [1.165, 1.54) is 7.11 Å². The van der Waals surface area contributed by atoms with Gasteiger partial charge in [-0.3, -0.25) is 0 Å². The van der Waals surface area contributed by atoms with E-state index in [2.05, 4.69) is 5.32 Å². The van der Waals surface area contributed by atoms with Crippen molar-refractivity contribution in [3.63, 3.8) is 0 Å². The monoisotopic (exact) mass is 373 g/mol. The van der Waals surface area contributed by atoms with Crippen molar-refractivity contribution in [3.05, 3.63) is 63.7 Å². The highest BCUT2D eigenvalue weighted by Gasteiger charge is 2.41. The SMILES string of the molecule is COC(=O)c1ccc([C@@H]2Nc3ccc(Cl)cc3[C@@H]3OCCO[C@H]23)c(C)c1. The molecule has 0 unspecified atom stereocenters. The lowest BCUT2D eigenvalue weighted by Gasteiger charge is -2.43. The Labute approximate surface area is 157 Å². The number of esters is 1. The third-order valence-electron chi connectivity index (χ3n) is 4.98. The molecule has 26 heavy (non-hydrogen) atoms. The summed E-state index contributed by atoms with van der Waals surface area (Å²) in [6.07, 6.45) is -0.347. The van der Waals surface area contributed by atoms with E-state index in [-0.39, 0.29) is 24.2 Å². The highest BCUT2D eigenvalue weighted by Crippen LogP contribution is 2.45. The molecule has 0 bridgehead atoms. The lowest BCUT2D eigenvalue weighted by atomic mass is 9.85. The Kier molecular flexibility index (Phi) is 4.61. The van der Waals surface area contributed by atoms with Crippen molar-refractivity contribution in [1.82, 2.24) is 0 Å². The van der Waals surface area contributed by atoms with Crippen LogP contribution in [0.15, 0.2) is 36.4 Å². The lowest BCUT2D eigenvalue weighted by molar-refractivity contribution is -0.151. The zero-order chi connectivity index (χ0) is 18.3. The molecule has 2 aromatic carbocycles. The lowest BCUT2D eigenvalue weighted by Crippen LogP contribution is -2.43. The van der Waals surface area contributed by atoms with Crippen molar-refractivity contribution >= 4 is 23.3 Å². The topological polar surface area (TPSA) is 56.8 Å². The van der Waals surface area contributed by atoms with Gasteiger partial charge in [-0.15, -0.1) is 0 Å². The summed E-state index contributed by atoms with van der Waals surface area (Å²) >= 11 is 6.18. The number of aryl methyl sites for hydroxylation is 1. The highest BCUT2D eigenvalue weighted by atomic mass is 35.5. The van der Waals surface area contributed by atoms with E-state index in [0.29, 0.717) is 23.8 Å². The minimum Gasteiger partial charge on any atom is -0.465 e. The van der Waals surface area contributed by atoms with Crippen molar-refractivity contribution in [1.29, 1.82) is 0 Å².